The maximum atomic E-state index is 10.3. The van der Waals surface area contributed by atoms with Gasteiger partial charge in [-0.2, -0.15) is 0 Å². The highest BCUT2D eigenvalue weighted by atomic mass is 35.5. The van der Waals surface area contributed by atoms with Crippen molar-refractivity contribution in [2.45, 2.75) is 19.3 Å². The molecule has 1 heterocycles. The fraction of sp³-hybridized carbons (Fsp3) is 0.235. The lowest BCUT2D eigenvalue weighted by Gasteiger charge is -2.16. The molecule has 2 N–H and O–H groups in total. The Morgan fingerprint density at radius 3 is 2.75 bits per heavy atom. The summed E-state index contributed by atoms with van der Waals surface area (Å²) in [4.78, 5) is 4.35. The third kappa shape index (κ3) is 3.65. The van der Waals surface area contributed by atoms with Crippen LogP contribution in [0, 0.1) is 0 Å². The van der Waals surface area contributed by atoms with Gasteiger partial charge in [0.15, 0.2) is 0 Å². The number of ether oxygens (including phenoxy) is 1. The van der Waals surface area contributed by atoms with Crippen LogP contribution in [0.25, 0.3) is 11.0 Å². The van der Waals surface area contributed by atoms with Crippen LogP contribution < -0.4 is 4.74 Å². The van der Waals surface area contributed by atoms with E-state index in [1.165, 1.54) is 0 Å². The van der Waals surface area contributed by atoms with Crippen molar-refractivity contribution in [2.24, 2.45) is 0 Å². The highest BCUT2D eigenvalue weighted by Crippen LogP contribution is 2.28. The summed E-state index contributed by atoms with van der Waals surface area (Å²) >= 11 is 11.9. The lowest BCUT2D eigenvalue weighted by atomic mass is 10.3. The highest BCUT2D eigenvalue weighted by Gasteiger charge is 2.14. The second kappa shape index (κ2) is 7.40. The van der Waals surface area contributed by atoms with Crippen LogP contribution in [0.1, 0.15) is 5.82 Å². The van der Waals surface area contributed by atoms with Crippen LogP contribution in [0.4, 0.5) is 0 Å². The van der Waals surface area contributed by atoms with Gasteiger partial charge >= 0.3 is 0 Å². The molecule has 1 atom stereocenters. The van der Waals surface area contributed by atoms with Gasteiger partial charge in [0.2, 0.25) is 0 Å². The van der Waals surface area contributed by atoms with Crippen molar-refractivity contribution in [1.82, 2.24) is 9.55 Å². The molecule has 1 unspecified atom stereocenters. The highest BCUT2D eigenvalue weighted by molar-refractivity contribution is 6.34. The fourth-order valence-electron chi connectivity index (χ4n) is 2.49. The maximum absolute atomic E-state index is 10.3. The van der Waals surface area contributed by atoms with Crippen LogP contribution in [0.5, 0.6) is 5.75 Å². The summed E-state index contributed by atoms with van der Waals surface area (Å²) in [6.45, 7) is 0.0778. The van der Waals surface area contributed by atoms with E-state index in [-0.39, 0.29) is 19.8 Å². The van der Waals surface area contributed by atoms with Crippen molar-refractivity contribution in [3.63, 3.8) is 0 Å². The number of aliphatic hydroxyl groups excluding tert-OH is 2. The number of nitrogens with zero attached hydrogens (tertiary/aromatic N) is 2. The Labute approximate surface area is 149 Å². The van der Waals surface area contributed by atoms with Gasteiger partial charge in [-0.1, -0.05) is 35.3 Å². The van der Waals surface area contributed by atoms with Crippen molar-refractivity contribution < 1.29 is 14.9 Å². The van der Waals surface area contributed by atoms with Gasteiger partial charge in [-0.05, 0) is 24.3 Å². The summed E-state index contributed by atoms with van der Waals surface area (Å²) in [5, 5.41) is 20.7. The van der Waals surface area contributed by atoms with Crippen LogP contribution in [0.3, 0.4) is 0 Å². The monoisotopic (exact) mass is 366 g/mol. The van der Waals surface area contributed by atoms with E-state index in [9.17, 15) is 10.2 Å². The van der Waals surface area contributed by atoms with E-state index in [4.69, 9.17) is 27.9 Å². The summed E-state index contributed by atoms with van der Waals surface area (Å²) in [6.07, 6.45) is -0.803. The fourth-order valence-corrected chi connectivity index (χ4v) is 2.82. The topological polar surface area (TPSA) is 67.5 Å². The normalized spacial score (nSPS) is 12.5. The summed E-state index contributed by atoms with van der Waals surface area (Å²) in [5.41, 5.74) is 1.62. The van der Waals surface area contributed by atoms with Gasteiger partial charge in [0, 0.05) is 11.1 Å². The predicted octanol–water partition coefficient (Wildman–Crippen LogP) is 3.28. The molecular weight excluding hydrogens is 351 g/mol. The quantitative estimate of drug-likeness (QED) is 0.702. The number of halogens is 2. The van der Waals surface area contributed by atoms with Gasteiger partial charge in [0.1, 0.15) is 30.9 Å². The number of benzene rings is 2. The minimum atomic E-state index is -0.803. The lowest BCUT2D eigenvalue weighted by molar-refractivity contribution is 0.0915. The van der Waals surface area contributed by atoms with E-state index in [0.29, 0.717) is 21.6 Å². The third-order valence-corrected chi connectivity index (χ3v) is 4.14. The largest absolute Gasteiger partial charge is 0.489 e. The Morgan fingerprint density at radius 1 is 1.17 bits per heavy atom. The average molecular weight is 367 g/mol. The zero-order valence-electron chi connectivity index (χ0n) is 12.7. The molecule has 0 saturated heterocycles. The first-order valence-electron chi connectivity index (χ1n) is 7.39. The second-order valence-electron chi connectivity index (χ2n) is 5.33. The molecule has 7 heteroatoms. The Hall–Kier alpha value is -1.79. The number of rotatable bonds is 6. The first-order chi connectivity index (χ1) is 11.6. The Balaban J connectivity index is 1.73. The number of hydrogen-bond acceptors (Lipinski definition) is 4. The number of para-hydroxylation sites is 2. The van der Waals surface area contributed by atoms with Gasteiger partial charge in [-0.3, -0.25) is 0 Å². The molecule has 2 aromatic carbocycles. The van der Waals surface area contributed by atoms with E-state index < -0.39 is 6.10 Å². The third-order valence-electron chi connectivity index (χ3n) is 3.59. The molecule has 3 rings (SSSR count). The summed E-state index contributed by atoms with van der Waals surface area (Å²) in [7, 11) is 0. The molecule has 24 heavy (non-hydrogen) atoms. The van der Waals surface area contributed by atoms with E-state index >= 15 is 0 Å². The smallest absolute Gasteiger partial charge is 0.139 e. The van der Waals surface area contributed by atoms with Gasteiger partial charge < -0.3 is 19.5 Å². The van der Waals surface area contributed by atoms with Crippen molar-refractivity contribution in [2.75, 3.05) is 6.61 Å². The van der Waals surface area contributed by atoms with Crippen LogP contribution in [-0.4, -0.2) is 32.5 Å². The van der Waals surface area contributed by atoms with Crippen LogP contribution in [0.2, 0.25) is 10.0 Å². The van der Waals surface area contributed by atoms with E-state index in [0.717, 1.165) is 11.0 Å². The van der Waals surface area contributed by atoms with E-state index in [1.807, 2.05) is 24.3 Å². The Kier molecular flexibility index (Phi) is 5.26. The van der Waals surface area contributed by atoms with Crippen molar-refractivity contribution in [1.29, 1.82) is 0 Å². The van der Waals surface area contributed by atoms with Crippen molar-refractivity contribution in [3.8, 4) is 5.75 Å². The molecule has 0 radical (unpaired) electrons. The summed E-state index contributed by atoms with van der Waals surface area (Å²) in [5.74, 6) is 0.914. The van der Waals surface area contributed by atoms with Gasteiger partial charge in [-0.25, -0.2) is 4.98 Å². The maximum Gasteiger partial charge on any atom is 0.139 e. The molecule has 0 amide bonds. The second-order valence-corrected chi connectivity index (χ2v) is 6.17. The molecule has 0 aliphatic rings. The number of aliphatic hydroxyl groups is 2. The molecule has 126 valence electrons. The van der Waals surface area contributed by atoms with Crippen LogP contribution in [-0.2, 0) is 13.2 Å². The molecule has 0 spiro atoms. The molecule has 5 nitrogen and oxygen atoms in total. The van der Waals surface area contributed by atoms with Gasteiger partial charge in [0.25, 0.3) is 0 Å². The standard InChI is InChI=1S/C17H16Cl2N2O3/c18-11-5-6-13(19)16(7-11)24-10-12(23)8-21-15-4-2-1-3-14(15)20-17(21)9-22/h1-7,12,22-23H,8-10H2. The molecular formula is C17H16Cl2N2O3. The molecule has 0 aliphatic carbocycles. The first kappa shape index (κ1) is 17.0. The summed E-state index contributed by atoms with van der Waals surface area (Å²) in [6, 6.07) is 12.4. The van der Waals surface area contributed by atoms with Gasteiger partial charge in [-0.15, -0.1) is 0 Å². The first-order valence-corrected chi connectivity index (χ1v) is 8.15. The van der Waals surface area contributed by atoms with Gasteiger partial charge in [0.05, 0.1) is 22.6 Å². The van der Waals surface area contributed by atoms with E-state index in [2.05, 4.69) is 4.98 Å². The Bertz CT molecular complexity index is 851. The predicted molar refractivity (Wildman–Crippen MR) is 93.6 cm³/mol. The lowest BCUT2D eigenvalue weighted by Crippen LogP contribution is -2.24. The summed E-state index contributed by atoms with van der Waals surface area (Å²) < 4.78 is 7.33. The molecule has 0 bridgehead atoms. The SMILES string of the molecule is OCc1nc2ccccc2n1CC(O)COc1cc(Cl)ccc1Cl. The number of aromatic nitrogens is 2. The number of hydrogen-bond donors (Lipinski definition) is 2. The minimum Gasteiger partial charge on any atom is -0.489 e. The average Bonchev–Trinajstić information content (AvgIpc) is 2.93. The Morgan fingerprint density at radius 2 is 1.96 bits per heavy atom. The van der Waals surface area contributed by atoms with Crippen LogP contribution >= 0.6 is 23.2 Å². The zero-order valence-corrected chi connectivity index (χ0v) is 14.2. The molecule has 0 saturated carbocycles. The number of imidazole rings is 1. The number of fused-ring (bicyclic) bond motifs is 1. The molecule has 3 aromatic rings. The molecule has 0 fully saturated rings. The van der Waals surface area contributed by atoms with Crippen molar-refractivity contribution >= 4 is 34.2 Å². The van der Waals surface area contributed by atoms with Crippen molar-refractivity contribution in [3.05, 3.63) is 58.3 Å². The molecule has 0 aliphatic heterocycles. The van der Waals surface area contributed by atoms with E-state index in [1.54, 1.807) is 22.8 Å². The minimum absolute atomic E-state index is 0.0391. The zero-order chi connectivity index (χ0) is 17.1. The molecule has 1 aromatic heterocycles. The van der Waals surface area contributed by atoms with Crippen LogP contribution in [0.15, 0.2) is 42.5 Å².